The highest BCUT2D eigenvalue weighted by atomic mass is 32.2. The van der Waals surface area contributed by atoms with Gasteiger partial charge in [0.15, 0.2) is 5.65 Å². The third-order valence-corrected chi connectivity index (χ3v) is 9.30. The van der Waals surface area contributed by atoms with E-state index in [9.17, 15) is 4.79 Å². The van der Waals surface area contributed by atoms with Gasteiger partial charge in [0.25, 0.3) is 0 Å². The number of hydrogen-bond donors (Lipinski definition) is 2. The summed E-state index contributed by atoms with van der Waals surface area (Å²) in [4.78, 5) is 26.4. The van der Waals surface area contributed by atoms with Gasteiger partial charge in [-0.2, -0.15) is 4.98 Å². The molecule has 5 rings (SSSR count). The summed E-state index contributed by atoms with van der Waals surface area (Å²) in [5.74, 6) is 1.15. The lowest BCUT2D eigenvalue weighted by atomic mass is 10.1. The zero-order chi connectivity index (χ0) is 32.6. The summed E-state index contributed by atoms with van der Waals surface area (Å²) in [6.45, 7) is 7.98. The van der Waals surface area contributed by atoms with Gasteiger partial charge in [-0.3, -0.25) is 9.36 Å². The van der Waals surface area contributed by atoms with Gasteiger partial charge in [0, 0.05) is 5.39 Å². The van der Waals surface area contributed by atoms with Crippen LogP contribution >= 0.6 is 20.3 Å². The summed E-state index contributed by atoms with van der Waals surface area (Å²) in [7, 11) is -1.79. The molecule has 5 aromatic rings. The molecule has 3 N–H and O–H groups in total. The first-order valence-corrected chi connectivity index (χ1v) is 17.4. The van der Waals surface area contributed by atoms with Crippen molar-refractivity contribution >= 4 is 54.1 Å². The molecule has 0 spiro atoms. The van der Waals surface area contributed by atoms with E-state index in [1.807, 2.05) is 104 Å². The second-order valence-electron chi connectivity index (χ2n) is 10.6. The standard InChI is InChI=1S/C33H39N6O5PS/c1-6-26(43-23(4)39-22(3)35-29-30(39)36-33(34)37-31(29)46-5)20-42-45(44-28-18-12-16-25-15-10-11-17-27(25)28)38-21(2)32(40)41-19-24-13-8-7-9-14-24/h7-18,21,23,26,38H,6,19-20H2,1-5H3,(H2,34,36,37). The number of thioether (sulfide) groups is 1. The molecule has 2 heterocycles. The van der Waals surface area contributed by atoms with E-state index in [2.05, 4.69) is 20.0 Å². The van der Waals surface area contributed by atoms with E-state index in [1.165, 1.54) is 11.8 Å². The first-order chi connectivity index (χ1) is 22.3. The number of ether oxygens (including phenoxy) is 2. The number of carbonyl (C=O) groups excluding carboxylic acids is 1. The predicted octanol–water partition coefficient (Wildman–Crippen LogP) is 6.95. The van der Waals surface area contributed by atoms with Crippen LogP contribution < -0.4 is 15.3 Å². The molecule has 0 aliphatic rings. The fourth-order valence-electron chi connectivity index (χ4n) is 4.91. The Kier molecular flexibility index (Phi) is 11.4. The molecule has 242 valence electrons. The second-order valence-corrected chi connectivity index (χ2v) is 12.6. The minimum absolute atomic E-state index is 0.176. The van der Waals surface area contributed by atoms with Crippen LogP contribution in [0.25, 0.3) is 21.9 Å². The topological polar surface area (TPSA) is 136 Å². The quantitative estimate of drug-likeness (QED) is 0.0522. The van der Waals surface area contributed by atoms with Gasteiger partial charge >= 0.3 is 14.5 Å². The van der Waals surface area contributed by atoms with Crippen LogP contribution in [0.2, 0.25) is 0 Å². The largest absolute Gasteiger partial charge is 0.460 e. The van der Waals surface area contributed by atoms with Crippen LogP contribution in [0.1, 0.15) is 44.8 Å². The maximum Gasteiger partial charge on any atom is 0.323 e. The molecular formula is C33H39N6O5PS. The summed E-state index contributed by atoms with van der Waals surface area (Å²) in [5.41, 5.74) is 8.21. The van der Waals surface area contributed by atoms with Gasteiger partial charge in [0.05, 0.1) is 12.7 Å². The van der Waals surface area contributed by atoms with E-state index in [4.69, 9.17) is 24.3 Å². The van der Waals surface area contributed by atoms with Gasteiger partial charge < -0.3 is 24.3 Å². The fourth-order valence-corrected chi connectivity index (χ4v) is 6.67. The molecule has 11 nitrogen and oxygen atoms in total. The summed E-state index contributed by atoms with van der Waals surface area (Å²) in [6, 6.07) is 22.7. The Hall–Kier alpha value is -3.80. The highest BCUT2D eigenvalue weighted by Gasteiger charge is 2.26. The average Bonchev–Trinajstić information content (AvgIpc) is 3.40. The molecule has 46 heavy (non-hydrogen) atoms. The van der Waals surface area contributed by atoms with Crippen molar-refractivity contribution < 1.29 is 23.3 Å². The Balaban J connectivity index is 1.30. The number of carbonyl (C=O) groups is 1. The molecule has 0 aliphatic heterocycles. The van der Waals surface area contributed by atoms with Crippen molar-refractivity contribution in [3.63, 3.8) is 0 Å². The molecule has 0 saturated heterocycles. The fraction of sp³-hybridized carbons (Fsp3) is 0.333. The monoisotopic (exact) mass is 662 g/mol. The Morgan fingerprint density at radius 2 is 1.76 bits per heavy atom. The average molecular weight is 663 g/mol. The van der Waals surface area contributed by atoms with Crippen molar-refractivity contribution in [2.45, 2.75) is 64.1 Å². The lowest BCUT2D eigenvalue weighted by Gasteiger charge is -2.26. The number of hydrogen-bond acceptors (Lipinski definition) is 11. The summed E-state index contributed by atoms with van der Waals surface area (Å²) < 4.78 is 26.7. The smallest absolute Gasteiger partial charge is 0.323 e. The number of anilines is 1. The minimum Gasteiger partial charge on any atom is -0.460 e. The number of nitrogens with zero attached hydrogens (tertiary/aromatic N) is 4. The molecule has 4 unspecified atom stereocenters. The summed E-state index contributed by atoms with van der Waals surface area (Å²) >= 11 is 1.47. The van der Waals surface area contributed by atoms with Crippen LogP contribution in [0.4, 0.5) is 5.95 Å². The minimum atomic E-state index is -1.79. The van der Waals surface area contributed by atoms with Gasteiger partial charge in [0.2, 0.25) is 5.95 Å². The van der Waals surface area contributed by atoms with Crippen molar-refractivity contribution in [1.82, 2.24) is 24.6 Å². The molecule has 3 aromatic carbocycles. The van der Waals surface area contributed by atoms with Gasteiger partial charge in [-0.1, -0.05) is 73.7 Å². The van der Waals surface area contributed by atoms with Crippen molar-refractivity contribution in [3.05, 3.63) is 84.2 Å². The lowest BCUT2D eigenvalue weighted by molar-refractivity contribution is -0.146. The van der Waals surface area contributed by atoms with E-state index in [-0.39, 0.29) is 25.3 Å². The van der Waals surface area contributed by atoms with Gasteiger partial charge in [0.1, 0.15) is 41.0 Å². The molecule has 0 amide bonds. The summed E-state index contributed by atoms with van der Waals surface area (Å²) in [6.07, 6.45) is 1.85. The molecule has 13 heteroatoms. The number of esters is 1. The number of nitrogens with one attached hydrogen (secondary N) is 1. The maximum absolute atomic E-state index is 13.0. The van der Waals surface area contributed by atoms with Crippen LogP contribution in [0.5, 0.6) is 5.75 Å². The second kappa shape index (κ2) is 15.7. The highest BCUT2D eigenvalue weighted by molar-refractivity contribution is 7.98. The molecular weight excluding hydrogens is 623 g/mol. The number of fused-ring (bicyclic) bond motifs is 2. The van der Waals surface area contributed by atoms with Crippen LogP contribution in [-0.4, -0.2) is 50.5 Å². The Bertz CT molecular complexity index is 1770. The number of nitrogens with two attached hydrogens (primary N) is 1. The molecule has 0 fully saturated rings. The Morgan fingerprint density at radius 1 is 1.02 bits per heavy atom. The number of aromatic nitrogens is 4. The van der Waals surface area contributed by atoms with Crippen molar-refractivity contribution in [2.24, 2.45) is 0 Å². The van der Waals surface area contributed by atoms with E-state index < -0.39 is 26.8 Å². The van der Waals surface area contributed by atoms with E-state index in [1.54, 1.807) is 6.92 Å². The van der Waals surface area contributed by atoms with Gasteiger partial charge in [-0.05, 0) is 50.5 Å². The summed E-state index contributed by atoms with van der Waals surface area (Å²) in [5, 5.41) is 5.90. The number of aryl methyl sites for hydroxylation is 1. The number of benzene rings is 3. The number of imidazole rings is 1. The van der Waals surface area contributed by atoms with Gasteiger partial charge in [-0.25, -0.2) is 15.1 Å². The maximum atomic E-state index is 13.0. The first kappa shape index (κ1) is 33.6. The zero-order valence-corrected chi connectivity index (χ0v) is 28.3. The molecule has 4 atom stereocenters. The number of rotatable bonds is 15. The first-order valence-electron chi connectivity index (χ1n) is 15.0. The lowest BCUT2D eigenvalue weighted by Crippen LogP contribution is -2.34. The van der Waals surface area contributed by atoms with E-state index in [0.717, 1.165) is 22.2 Å². The van der Waals surface area contributed by atoms with E-state index in [0.29, 0.717) is 28.4 Å². The third-order valence-electron chi connectivity index (χ3n) is 7.29. The Morgan fingerprint density at radius 3 is 2.52 bits per heavy atom. The normalized spacial score (nSPS) is 14.2. The Labute approximate surface area is 274 Å². The van der Waals surface area contributed by atoms with Crippen molar-refractivity contribution in [1.29, 1.82) is 0 Å². The van der Waals surface area contributed by atoms with Crippen LogP contribution in [0.3, 0.4) is 0 Å². The molecule has 0 aliphatic carbocycles. The van der Waals surface area contributed by atoms with Gasteiger partial charge in [-0.15, -0.1) is 11.8 Å². The third kappa shape index (κ3) is 8.12. The van der Waals surface area contributed by atoms with Crippen LogP contribution in [0.15, 0.2) is 77.8 Å². The van der Waals surface area contributed by atoms with Crippen molar-refractivity contribution in [2.75, 3.05) is 18.6 Å². The molecule has 2 aromatic heterocycles. The van der Waals surface area contributed by atoms with Crippen LogP contribution in [-0.2, 0) is 25.4 Å². The number of nitrogen functional groups attached to an aromatic ring is 1. The predicted molar refractivity (Wildman–Crippen MR) is 182 cm³/mol. The van der Waals surface area contributed by atoms with Crippen LogP contribution in [0, 0.1) is 6.92 Å². The SMILES string of the molecule is CCC(COP(NC(C)C(=O)OCc1ccccc1)Oc1cccc2ccccc12)OC(C)n1c(C)nc2c(SC)nc(N)nc21. The molecule has 0 saturated carbocycles. The van der Waals surface area contributed by atoms with Crippen molar-refractivity contribution in [3.8, 4) is 5.75 Å². The zero-order valence-electron chi connectivity index (χ0n) is 26.5. The van der Waals surface area contributed by atoms with E-state index >= 15 is 0 Å². The molecule has 0 bridgehead atoms. The molecule has 0 radical (unpaired) electrons. The highest BCUT2D eigenvalue weighted by Crippen LogP contribution is 2.40.